The quantitative estimate of drug-likeness (QED) is 0.803. The van der Waals surface area contributed by atoms with E-state index in [2.05, 4.69) is 24.3 Å². The van der Waals surface area contributed by atoms with Gasteiger partial charge in [-0.15, -0.1) is 0 Å². The predicted octanol–water partition coefficient (Wildman–Crippen LogP) is 2.96. The van der Waals surface area contributed by atoms with E-state index in [9.17, 15) is 4.79 Å². The first kappa shape index (κ1) is 12.5. The van der Waals surface area contributed by atoms with Gasteiger partial charge in [-0.1, -0.05) is 44.2 Å². The van der Waals surface area contributed by atoms with Crippen LogP contribution < -0.4 is 0 Å². The molecule has 0 radical (unpaired) electrons. The van der Waals surface area contributed by atoms with Crippen molar-refractivity contribution >= 4 is 17.7 Å². The molecule has 1 heterocycles. The molecule has 92 valence electrons. The van der Waals surface area contributed by atoms with Gasteiger partial charge in [-0.25, -0.2) is 0 Å². The molecule has 2 rings (SSSR count). The zero-order chi connectivity index (χ0) is 12.3. The lowest BCUT2D eigenvalue weighted by Crippen LogP contribution is -2.41. The average Bonchev–Trinajstić information content (AvgIpc) is 2.39. The zero-order valence-electron chi connectivity index (χ0n) is 10.4. The number of thioether (sulfide) groups is 1. The van der Waals surface area contributed by atoms with E-state index in [1.54, 1.807) is 0 Å². The second-order valence-electron chi connectivity index (χ2n) is 4.71. The molecule has 17 heavy (non-hydrogen) atoms. The van der Waals surface area contributed by atoms with Gasteiger partial charge < -0.3 is 4.90 Å². The molecule has 0 saturated carbocycles. The third-order valence-corrected chi connectivity index (χ3v) is 4.29. The van der Waals surface area contributed by atoms with Gasteiger partial charge >= 0.3 is 0 Å². The Hall–Kier alpha value is -0.960. The Morgan fingerprint density at radius 2 is 2.06 bits per heavy atom. The van der Waals surface area contributed by atoms with Crippen LogP contribution in [0.15, 0.2) is 30.3 Å². The minimum absolute atomic E-state index is 0.106. The highest BCUT2D eigenvalue weighted by Gasteiger charge is 2.26. The predicted molar refractivity (Wildman–Crippen MR) is 73.1 cm³/mol. The van der Waals surface area contributed by atoms with Gasteiger partial charge in [0.25, 0.3) is 0 Å². The molecule has 0 aromatic heterocycles. The number of nitrogens with zero attached hydrogens (tertiary/aromatic N) is 1. The van der Waals surface area contributed by atoms with Crippen LogP contribution in [-0.4, -0.2) is 29.6 Å². The van der Waals surface area contributed by atoms with Crippen LogP contribution in [0.1, 0.15) is 24.7 Å². The van der Waals surface area contributed by atoms with Crippen LogP contribution in [0, 0.1) is 5.92 Å². The van der Waals surface area contributed by atoms with Gasteiger partial charge in [-0.3, -0.25) is 4.79 Å². The lowest BCUT2D eigenvalue weighted by atomic mass is 10.1. The third kappa shape index (κ3) is 3.03. The summed E-state index contributed by atoms with van der Waals surface area (Å²) in [5.74, 6) is 1.43. The number of rotatable bonds is 2. The van der Waals surface area contributed by atoms with Crippen LogP contribution in [0.2, 0.25) is 0 Å². The van der Waals surface area contributed by atoms with Crippen molar-refractivity contribution in [3.8, 4) is 0 Å². The molecule has 1 saturated heterocycles. The van der Waals surface area contributed by atoms with E-state index in [1.165, 1.54) is 5.56 Å². The summed E-state index contributed by atoms with van der Waals surface area (Å²) in [7, 11) is 0. The van der Waals surface area contributed by atoms with Crippen LogP contribution >= 0.6 is 11.8 Å². The maximum absolute atomic E-state index is 12.0. The van der Waals surface area contributed by atoms with E-state index >= 15 is 0 Å². The molecule has 1 aliphatic heterocycles. The summed E-state index contributed by atoms with van der Waals surface area (Å²) in [6, 6.07) is 10.5. The number of carbonyl (C=O) groups is 1. The van der Waals surface area contributed by atoms with Gasteiger partial charge in [-0.2, -0.15) is 11.8 Å². The highest BCUT2D eigenvalue weighted by atomic mass is 32.2. The van der Waals surface area contributed by atoms with Crippen molar-refractivity contribution in [3.63, 3.8) is 0 Å². The Labute approximate surface area is 107 Å². The van der Waals surface area contributed by atoms with E-state index in [1.807, 2.05) is 36.6 Å². The van der Waals surface area contributed by atoms with Crippen molar-refractivity contribution in [3.05, 3.63) is 35.9 Å². The molecule has 1 aromatic rings. The summed E-state index contributed by atoms with van der Waals surface area (Å²) in [5, 5.41) is 0.438. The minimum Gasteiger partial charge on any atom is -0.340 e. The molecule has 0 N–H and O–H groups in total. The maximum Gasteiger partial charge on any atom is 0.225 e. The first-order chi connectivity index (χ1) is 8.18. The van der Waals surface area contributed by atoms with Gasteiger partial charge in [0, 0.05) is 30.0 Å². The highest BCUT2D eigenvalue weighted by Crippen LogP contribution is 2.33. The lowest BCUT2D eigenvalue weighted by molar-refractivity contribution is -0.134. The zero-order valence-corrected chi connectivity index (χ0v) is 11.2. The van der Waals surface area contributed by atoms with Crippen molar-refractivity contribution in [1.82, 2.24) is 4.90 Å². The van der Waals surface area contributed by atoms with Crippen LogP contribution in [0.4, 0.5) is 0 Å². The molecule has 1 unspecified atom stereocenters. The van der Waals surface area contributed by atoms with Crippen molar-refractivity contribution < 1.29 is 4.79 Å². The second kappa shape index (κ2) is 5.58. The SMILES string of the molecule is CC(C)C(=O)N1CCSC(c2ccccc2)C1. The molecule has 3 heteroatoms. The fourth-order valence-electron chi connectivity index (χ4n) is 2.08. The van der Waals surface area contributed by atoms with Crippen LogP contribution in [0.5, 0.6) is 0 Å². The summed E-state index contributed by atoms with van der Waals surface area (Å²) in [6.07, 6.45) is 0. The molecule has 0 bridgehead atoms. The number of amides is 1. The fraction of sp³-hybridized carbons (Fsp3) is 0.500. The van der Waals surface area contributed by atoms with E-state index in [0.29, 0.717) is 5.25 Å². The van der Waals surface area contributed by atoms with E-state index < -0.39 is 0 Å². The molecule has 1 fully saturated rings. The van der Waals surface area contributed by atoms with Gasteiger partial charge in [-0.05, 0) is 5.56 Å². The van der Waals surface area contributed by atoms with Crippen LogP contribution in [-0.2, 0) is 4.79 Å². The average molecular weight is 249 g/mol. The number of benzene rings is 1. The Morgan fingerprint density at radius 3 is 2.71 bits per heavy atom. The number of carbonyl (C=O) groups excluding carboxylic acids is 1. The third-order valence-electron chi connectivity index (χ3n) is 3.04. The van der Waals surface area contributed by atoms with Crippen molar-refractivity contribution in [2.75, 3.05) is 18.8 Å². The summed E-state index contributed by atoms with van der Waals surface area (Å²) < 4.78 is 0. The van der Waals surface area contributed by atoms with Crippen molar-refractivity contribution in [1.29, 1.82) is 0 Å². The fourth-order valence-corrected chi connectivity index (χ4v) is 3.33. The molecule has 1 atom stereocenters. The normalized spacial score (nSPS) is 20.6. The van der Waals surface area contributed by atoms with Gasteiger partial charge in [0.1, 0.15) is 0 Å². The summed E-state index contributed by atoms with van der Waals surface area (Å²) in [5.41, 5.74) is 1.33. The smallest absolute Gasteiger partial charge is 0.225 e. The Bertz CT molecular complexity index is 377. The molecule has 2 nitrogen and oxygen atoms in total. The molecular weight excluding hydrogens is 230 g/mol. The Morgan fingerprint density at radius 1 is 1.35 bits per heavy atom. The van der Waals surface area contributed by atoms with E-state index in [-0.39, 0.29) is 11.8 Å². The first-order valence-electron chi connectivity index (χ1n) is 6.14. The van der Waals surface area contributed by atoms with Gasteiger partial charge in [0.2, 0.25) is 5.91 Å². The second-order valence-corrected chi connectivity index (χ2v) is 6.02. The van der Waals surface area contributed by atoms with Gasteiger partial charge in [0.05, 0.1) is 0 Å². The molecule has 1 aliphatic rings. The first-order valence-corrected chi connectivity index (χ1v) is 7.18. The van der Waals surface area contributed by atoms with Crippen molar-refractivity contribution in [2.24, 2.45) is 5.92 Å². The Kier molecular flexibility index (Phi) is 4.11. The molecule has 0 spiro atoms. The molecule has 1 aromatic carbocycles. The van der Waals surface area contributed by atoms with Crippen LogP contribution in [0.25, 0.3) is 0 Å². The number of hydrogen-bond donors (Lipinski definition) is 0. The molecule has 1 amide bonds. The lowest BCUT2D eigenvalue weighted by Gasteiger charge is -2.33. The van der Waals surface area contributed by atoms with Crippen molar-refractivity contribution in [2.45, 2.75) is 19.1 Å². The minimum atomic E-state index is 0.106. The summed E-state index contributed by atoms with van der Waals surface area (Å²) in [4.78, 5) is 14.0. The van der Waals surface area contributed by atoms with Gasteiger partial charge in [0.15, 0.2) is 0 Å². The monoisotopic (exact) mass is 249 g/mol. The maximum atomic E-state index is 12.0. The summed E-state index contributed by atoms with van der Waals surface area (Å²) in [6.45, 7) is 5.69. The summed E-state index contributed by atoms with van der Waals surface area (Å²) >= 11 is 1.96. The highest BCUT2D eigenvalue weighted by molar-refractivity contribution is 7.99. The number of hydrogen-bond acceptors (Lipinski definition) is 2. The van der Waals surface area contributed by atoms with Crippen LogP contribution in [0.3, 0.4) is 0 Å². The van der Waals surface area contributed by atoms with E-state index in [0.717, 1.165) is 18.8 Å². The largest absolute Gasteiger partial charge is 0.340 e. The Balaban J connectivity index is 2.05. The standard InChI is InChI=1S/C14H19NOS/c1-11(2)14(16)15-8-9-17-13(10-15)12-6-4-3-5-7-12/h3-7,11,13H,8-10H2,1-2H3. The molecule has 0 aliphatic carbocycles. The molecular formula is C14H19NOS. The topological polar surface area (TPSA) is 20.3 Å². The van der Waals surface area contributed by atoms with E-state index in [4.69, 9.17) is 0 Å².